The van der Waals surface area contributed by atoms with Crippen molar-refractivity contribution in [1.29, 1.82) is 0 Å². The summed E-state index contributed by atoms with van der Waals surface area (Å²) in [6, 6.07) is 0.634. The topological polar surface area (TPSA) is 38.3 Å². The van der Waals surface area contributed by atoms with Gasteiger partial charge in [0.1, 0.15) is 0 Å². The predicted octanol–water partition coefficient (Wildman–Crippen LogP) is 2.45. The van der Waals surface area contributed by atoms with E-state index >= 15 is 0 Å². The van der Waals surface area contributed by atoms with Gasteiger partial charge in [-0.05, 0) is 38.6 Å². The molecule has 0 spiro atoms. The Kier molecular flexibility index (Phi) is 6.97. The molecule has 0 aromatic carbocycles. The Labute approximate surface area is 109 Å². The minimum atomic E-state index is -0.0744. The molecule has 3 atom stereocenters. The molecule has 0 radical (unpaired) electrons. The summed E-state index contributed by atoms with van der Waals surface area (Å²) in [4.78, 5) is 11.3. The lowest BCUT2D eigenvalue weighted by Gasteiger charge is -2.21. The van der Waals surface area contributed by atoms with Crippen LogP contribution >= 0.6 is 11.8 Å². The fourth-order valence-electron chi connectivity index (χ4n) is 2.36. The van der Waals surface area contributed by atoms with Gasteiger partial charge in [-0.1, -0.05) is 13.8 Å². The first kappa shape index (κ1) is 14.8. The zero-order valence-electron chi connectivity index (χ0n) is 11.2. The van der Waals surface area contributed by atoms with Gasteiger partial charge in [-0.25, -0.2) is 0 Å². The molecular weight excluding hydrogens is 234 g/mol. The Morgan fingerprint density at radius 2 is 2.18 bits per heavy atom. The standard InChI is InChI=1S/C13H25NO2S/c1-4-8-14-11-6-7-12(10(11)3)17-9-13(15)16-5-2/h10-12,14H,4-9H2,1-3H3. The molecule has 4 heteroatoms. The maximum atomic E-state index is 11.3. The summed E-state index contributed by atoms with van der Waals surface area (Å²) in [6.45, 7) is 7.93. The van der Waals surface area contributed by atoms with Gasteiger partial charge >= 0.3 is 5.97 Å². The summed E-state index contributed by atoms with van der Waals surface area (Å²) >= 11 is 1.76. The Morgan fingerprint density at radius 1 is 1.41 bits per heavy atom. The number of carbonyl (C=O) groups is 1. The second kappa shape index (κ2) is 7.98. The van der Waals surface area contributed by atoms with Crippen LogP contribution in [-0.4, -0.2) is 36.2 Å². The number of carbonyl (C=O) groups excluding carboxylic acids is 1. The highest BCUT2D eigenvalue weighted by Crippen LogP contribution is 2.35. The Morgan fingerprint density at radius 3 is 2.82 bits per heavy atom. The number of thioether (sulfide) groups is 1. The molecule has 0 amide bonds. The summed E-state index contributed by atoms with van der Waals surface area (Å²) in [5.41, 5.74) is 0. The minimum absolute atomic E-state index is 0.0744. The summed E-state index contributed by atoms with van der Waals surface area (Å²) in [5.74, 6) is 1.08. The van der Waals surface area contributed by atoms with Gasteiger partial charge in [0.15, 0.2) is 0 Å². The van der Waals surface area contributed by atoms with Crippen molar-refractivity contribution in [2.75, 3.05) is 18.9 Å². The third-order valence-corrected chi connectivity index (χ3v) is 4.86. The number of rotatable bonds is 7. The van der Waals surface area contributed by atoms with E-state index in [9.17, 15) is 4.79 Å². The lowest BCUT2D eigenvalue weighted by molar-refractivity contribution is -0.139. The second-order valence-electron chi connectivity index (χ2n) is 4.65. The Hall–Kier alpha value is -0.220. The first-order valence-corrected chi connectivity index (χ1v) is 7.74. The van der Waals surface area contributed by atoms with E-state index in [4.69, 9.17) is 4.74 Å². The van der Waals surface area contributed by atoms with Gasteiger partial charge in [0.05, 0.1) is 12.4 Å². The maximum Gasteiger partial charge on any atom is 0.315 e. The molecule has 0 aromatic rings. The van der Waals surface area contributed by atoms with Crippen LogP contribution in [0.15, 0.2) is 0 Å². The van der Waals surface area contributed by atoms with Crippen LogP contribution in [0, 0.1) is 5.92 Å². The number of esters is 1. The number of ether oxygens (including phenoxy) is 1. The number of hydrogen-bond acceptors (Lipinski definition) is 4. The van der Waals surface area contributed by atoms with E-state index in [1.54, 1.807) is 11.8 Å². The van der Waals surface area contributed by atoms with Crippen LogP contribution in [0.5, 0.6) is 0 Å². The molecule has 0 saturated heterocycles. The molecule has 0 aromatic heterocycles. The van der Waals surface area contributed by atoms with Gasteiger partial charge in [0, 0.05) is 11.3 Å². The van der Waals surface area contributed by atoms with Crippen LogP contribution in [-0.2, 0) is 9.53 Å². The zero-order valence-corrected chi connectivity index (χ0v) is 12.0. The number of nitrogens with one attached hydrogen (secondary N) is 1. The Balaban J connectivity index is 2.24. The molecule has 100 valence electrons. The normalized spacial score (nSPS) is 28.3. The van der Waals surface area contributed by atoms with Crippen LogP contribution in [0.3, 0.4) is 0 Å². The first-order chi connectivity index (χ1) is 8.19. The van der Waals surface area contributed by atoms with Crippen molar-refractivity contribution < 1.29 is 9.53 Å². The van der Waals surface area contributed by atoms with E-state index in [1.807, 2.05) is 6.92 Å². The fourth-order valence-corrected chi connectivity index (χ4v) is 3.59. The summed E-state index contributed by atoms with van der Waals surface area (Å²) in [5, 5.41) is 4.20. The van der Waals surface area contributed by atoms with Crippen LogP contribution in [0.1, 0.15) is 40.0 Å². The van der Waals surface area contributed by atoms with Crippen molar-refractivity contribution >= 4 is 17.7 Å². The molecule has 1 aliphatic carbocycles. The molecule has 0 aliphatic heterocycles. The smallest absolute Gasteiger partial charge is 0.315 e. The van der Waals surface area contributed by atoms with Crippen molar-refractivity contribution in [1.82, 2.24) is 5.32 Å². The highest BCUT2D eigenvalue weighted by Gasteiger charge is 2.32. The average molecular weight is 259 g/mol. The maximum absolute atomic E-state index is 11.3. The SMILES string of the molecule is CCCNC1CCC(SCC(=O)OCC)C1C. The average Bonchev–Trinajstić information content (AvgIpc) is 2.66. The summed E-state index contributed by atoms with van der Waals surface area (Å²) in [7, 11) is 0. The van der Waals surface area contributed by atoms with E-state index in [-0.39, 0.29) is 5.97 Å². The van der Waals surface area contributed by atoms with Crippen LogP contribution in [0.2, 0.25) is 0 Å². The van der Waals surface area contributed by atoms with Crippen LogP contribution in [0.4, 0.5) is 0 Å². The van der Waals surface area contributed by atoms with Crippen molar-refractivity contribution in [3.05, 3.63) is 0 Å². The molecule has 0 bridgehead atoms. The van der Waals surface area contributed by atoms with Gasteiger partial charge in [-0.15, -0.1) is 11.8 Å². The van der Waals surface area contributed by atoms with Crippen LogP contribution in [0.25, 0.3) is 0 Å². The quantitative estimate of drug-likeness (QED) is 0.713. The molecule has 0 heterocycles. The van der Waals surface area contributed by atoms with Gasteiger partial charge in [0.25, 0.3) is 0 Å². The predicted molar refractivity (Wildman–Crippen MR) is 73.4 cm³/mol. The molecule has 17 heavy (non-hydrogen) atoms. The van der Waals surface area contributed by atoms with E-state index in [1.165, 1.54) is 19.3 Å². The van der Waals surface area contributed by atoms with Crippen LogP contribution < -0.4 is 5.32 Å². The molecule has 1 saturated carbocycles. The van der Waals surface area contributed by atoms with Crippen molar-refractivity contribution in [3.8, 4) is 0 Å². The third-order valence-electron chi connectivity index (χ3n) is 3.36. The van der Waals surface area contributed by atoms with E-state index in [0.717, 1.165) is 6.54 Å². The summed E-state index contributed by atoms with van der Waals surface area (Å²) in [6.07, 6.45) is 3.64. The second-order valence-corrected chi connectivity index (χ2v) is 5.88. The molecule has 1 fully saturated rings. The minimum Gasteiger partial charge on any atom is -0.465 e. The number of hydrogen-bond donors (Lipinski definition) is 1. The molecule has 3 nitrogen and oxygen atoms in total. The zero-order chi connectivity index (χ0) is 12.7. The monoisotopic (exact) mass is 259 g/mol. The van der Waals surface area contributed by atoms with Crippen molar-refractivity contribution in [2.45, 2.75) is 51.3 Å². The molecular formula is C13H25NO2S. The van der Waals surface area contributed by atoms with Gasteiger partial charge in [-0.3, -0.25) is 4.79 Å². The third kappa shape index (κ3) is 4.88. The van der Waals surface area contributed by atoms with Gasteiger partial charge in [0.2, 0.25) is 0 Å². The lowest BCUT2D eigenvalue weighted by atomic mass is 10.1. The first-order valence-electron chi connectivity index (χ1n) is 6.69. The van der Waals surface area contributed by atoms with Crippen molar-refractivity contribution in [2.24, 2.45) is 5.92 Å². The van der Waals surface area contributed by atoms with Gasteiger partial charge in [-0.2, -0.15) is 0 Å². The molecule has 3 unspecified atom stereocenters. The molecule has 1 aliphatic rings. The molecule has 1 N–H and O–H groups in total. The van der Waals surface area contributed by atoms with E-state index < -0.39 is 0 Å². The van der Waals surface area contributed by atoms with E-state index in [2.05, 4.69) is 19.2 Å². The Bertz CT molecular complexity index is 235. The largest absolute Gasteiger partial charge is 0.465 e. The highest BCUT2D eigenvalue weighted by molar-refractivity contribution is 8.00. The summed E-state index contributed by atoms with van der Waals surface area (Å²) < 4.78 is 4.95. The fraction of sp³-hybridized carbons (Fsp3) is 0.923. The lowest BCUT2D eigenvalue weighted by Crippen LogP contribution is -2.34. The highest BCUT2D eigenvalue weighted by atomic mass is 32.2. The van der Waals surface area contributed by atoms with Gasteiger partial charge < -0.3 is 10.1 Å². The van der Waals surface area contributed by atoms with E-state index in [0.29, 0.717) is 29.6 Å². The van der Waals surface area contributed by atoms with Crippen molar-refractivity contribution in [3.63, 3.8) is 0 Å². The molecule has 1 rings (SSSR count).